The van der Waals surface area contributed by atoms with Gasteiger partial charge in [-0.1, -0.05) is 19.1 Å². The van der Waals surface area contributed by atoms with Crippen molar-refractivity contribution in [2.75, 3.05) is 57.3 Å². The zero-order chi connectivity index (χ0) is 18.4. The summed E-state index contributed by atoms with van der Waals surface area (Å²) in [6.45, 7) is 11.9. The highest BCUT2D eigenvalue weighted by atomic mass is 16.3. The molecule has 6 heteroatoms. The molecule has 1 aliphatic carbocycles. The molecule has 3 rings (SSSR count). The Morgan fingerprint density at radius 2 is 1.92 bits per heavy atom. The van der Waals surface area contributed by atoms with Crippen LogP contribution in [0.3, 0.4) is 0 Å². The fourth-order valence-electron chi connectivity index (χ4n) is 3.64. The Morgan fingerprint density at radius 3 is 2.54 bits per heavy atom. The smallest absolute Gasteiger partial charge is 0.194 e. The fourth-order valence-corrected chi connectivity index (χ4v) is 3.64. The molecule has 1 heterocycles. The van der Waals surface area contributed by atoms with Crippen molar-refractivity contribution in [1.29, 1.82) is 0 Å². The van der Waals surface area contributed by atoms with Gasteiger partial charge in [-0.05, 0) is 38.4 Å². The lowest BCUT2D eigenvalue weighted by atomic mass is 10.2. The van der Waals surface area contributed by atoms with E-state index < -0.39 is 0 Å². The monoisotopic (exact) mass is 359 g/mol. The summed E-state index contributed by atoms with van der Waals surface area (Å²) >= 11 is 0. The van der Waals surface area contributed by atoms with E-state index in [-0.39, 0.29) is 0 Å². The minimum absolute atomic E-state index is 0.362. The first kappa shape index (κ1) is 18.8. The van der Waals surface area contributed by atoms with Gasteiger partial charge in [0, 0.05) is 45.3 Å². The zero-order valence-electron chi connectivity index (χ0n) is 16.2. The number of aromatic hydroxyl groups is 1. The standard InChI is InChI=1S/C20H33N5O/c1-3-21-20(22-11-12-23(4-2)17-9-10-17)25-15-13-24(14-16-25)18-7-5-6-8-19(18)26/h5-8,17,26H,3-4,9-16H2,1-2H3,(H,21,22). The van der Waals surface area contributed by atoms with E-state index in [1.54, 1.807) is 6.07 Å². The van der Waals surface area contributed by atoms with Gasteiger partial charge in [-0.15, -0.1) is 0 Å². The van der Waals surface area contributed by atoms with Crippen LogP contribution in [0.1, 0.15) is 26.7 Å². The number of piperazine rings is 1. The molecule has 0 amide bonds. The Balaban J connectivity index is 1.54. The number of aliphatic imine (C=N–C) groups is 1. The average molecular weight is 360 g/mol. The Labute approximate surface area is 157 Å². The molecular formula is C20H33N5O. The maximum Gasteiger partial charge on any atom is 0.194 e. The predicted octanol–water partition coefficient (Wildman–Crippen LogP) is 1.96. The van der Waals surface area contributed by atoms with Crippen LogP contribution >= 0.6 is 0 Å². The van der Waals surface area contributed by atoms with Gasteiger partial charge < -0.3 is 20.2 Å². The average Bonchev–Trinajstić information content (AvgIpc) is 3.50. The number of hydrogen-bond acceptors (Lipinski definition) is 4. The molecule has 0 aromatic heterocycles. The topological polar surface area (TPSA) is 54.3 Å². The highest BCUT2D eigenvalue weighted by Crippen LogP contribution is 2.27. The van der Waals surface area contributed by atoms with Crippen molar-refractivity contribution in [2.24, 2.45) is 4.99 Å². The molecule has 2 aliphatic rings. The normalized spacial score (nSPS) is 18.5. The van der Waals surface area contributed by atoms with Gasteiger partial charge >= 0.3 is 0 Å². The van der Waals surface area contributed by atoms with E-state index in [4.69, 9.17) is 4.99 Å². The van der Waals surface area contributed by atoms with E-state index in [9.17, 15) is 5.11 Å². The fraction of sp³-hybridized carbons (Fsp3) is 0.650. The third-order valence-corrected chi connectivity index (χ3v) is 5.25. The van der Waals surface area contributed by atoms with Gasteiger partial charge in [0.15, 0.2) is 5.96 Å². The van der Waals surface area contributed by atoms with Crippen LogP contribution in [0.5, 0.6) is 5.75 Å². The number of nitrogens with one attached hydrogen (secondary N) is 1. The second-order valence-electron chi connectivity index (χ2n) is 7.06. The molecular weight excluding hydrogens is 326 g/mol. The van der Waals surface area contributed by atoms with Crippen molar-refractivity contribution < 1.29 is 5.11 Å². The quantitative estimate of drug-likeness (QED) is 0.576. The second-order valence-corrected chi connectivity index (χ2v) is 7.06. The summed E-state index contributed by atoms with van der Waals surface area (Å²) < 4.78 is 0. The van der Waals surface area contributed by atoms with Crippen molar-refractivity contribution in [3.63, 3.8) is 0 Å². The largest absolute Gasteiger partial charge is 0.506 e. The molecule has 0 spiro atoms. The Hall–Kier alpha value is -1.95. The van der Waals surface area contributed by atoms with Gasteiger partial charge in [0.05, 0.1) is 12.2 Å². The summed E-state index contributed by atoms with van der Waals surface area (Å²) in [5, 5.41) is 13.5. The van der Waals surface area contributed by atoms with Gasteiger partial charge in [-0.2, -0.15) is 0 Å². The third kappa shape index (κ3) is 4.81. The van der Waals surface area contributed by atoms with Gasteiger partial charge in [0.1, 0.15) is 5.75 Å². The van der Waals surface area contributed by atoms with E-state index in [2.05, 4.69) is 33.9 Å². The lowest BCUT2D eigenvalue weighted by molar-refractivity contribution is 0.285. The van der Waals surface area contributed by atoms with E-state index in [0.29, 0.717) is 5.75 Å². The SMILES string of the molecule is CCNC(=NCCN(CC)C1CC1)N1CCN(c2ccccc2O)CC1. The predicted molar refractivity (Wildman–Crippen MR) is 108 cm³/mol. The first-order chi connectivity index (χ1) is 12.7. The Kier molecular flexibility index (Phi) is 6.61. The number of para-hydroxylation sites is 2. The van der Waals surface area contributed by atoms with Crippen molar-refractivity contribution in [3.8, 4) is 5.75 Å². The van der Waals surface area contributed by atoms with Gasteiger partial charge in [-0.25, -0.2) is 0 Å². The summed E-state index contributed by atoms with van der Waals surface area (Å²) in [7, 11) is 0. The van der Waals surface area contributed by atoms with Gasteiger partial charge in [-0.3, -0.25) is 9.89 Å². The number of phenolic OH excluding ortho intramolecular Hbond substituents is 1. The van der Waals surface area contributed by atoms with Crippen LogP contribution in [0.15, 0.2) is 29.3 Å². The molecule has 1 aliphatic heterocycles. The number of hydrogen-bond donors (Lipinski definition) is 2. The minimum Gasteiger partial charge on any atom is -0.506 e. The van der Waals surface area contributed by atoms with Crippen LogP contribution in [0.25, 0.3) is 0 Å². The molecule has 2 N–H and O–H groups in total. The summed E-state index contributed by atoms with van der Waals surface area (Å²) in [6, 6.07) is 8.40. The first-order valence-corrected chi connectivity index (χ1v) is 10.0. The van der Waals surface area contributed by atoms with Crippen molar-refractivity contribution in [2.45, 2.75) is 32.7 Å². The number of guanidine groups is 1. The summed E-state index contributed by atoms with van der Waals surface area (Å²) in [6.07, 6.45) is 2.71. The van der Waals surface area contributed by atoms with E-state index in [1.807, 2.05) is 18.2 Å². The van der Waals surface area contributed by atoms with E-state index in [1.165, 1.54) is 12.8 Å². The molecule has 1 saturated carbocycles. The molecule has 0 atom stereocenters. The highest BCUT2D eigenvalue weighted by molar-refractivity contribution is 5.80. The third-order valence-electron chi connectivity index (χ3n) is 5.25. The van der Waals surface area contributed by atoms with E-state index >= 15 is 0 Å². The van der Waals surface area contributed by atoms with Crippen LogP contribution < -0.4 is 10.2 Å². The van der Waals surface area contributed by atoms with Gasteiger partial charge in [0.2, 0.25) is 0 Å². The molecule has 144 valence electrons. The molecule has 6 nitrogen and oxygen atoms in total. The Bertz CT molecular complexity index is 594. The first-order valence-electron chi connectivity index (χ1n) is 10.0. The van der Waals surface area contributed by atoms with Crippen LogP contribution in [0.4, 0.5) is 5.69 Å². The summed E-state index contributed by atoms with van der Waals surface area (Å²) in [5.74, 6) is 1.39. The van der Waals surface area contributed by atoms with Crippen LogP contribution in [-0.2, 0) is 0 Å². The molecule has 1 saturated heterocycles. The molecule has 1 aromatic carbocycles. The van der Waals surface area contributed by atoms with Crippen molar-refractivity contribution >= 4 is 11.6 Å². The summed E-state index contributed by atoms with van der Waals surface area (Å²) in [5.41, 5.74) is 0.928. The molecule has 0 unspecified atom stereocenters. The number of anilines is 1. The molecule has 2 fully saturated rings. The number of likely N-dealkylation sites (N-methyl/N-ethyl adjacent to an activating group) is 1. The molecule has 0 radical (unpaired) electrons. The van der Waals surface area contributed by atoms with Crippen molar-refractivity contribution in [1.82, 2.24) is 15.1 Å². The lowest BCUT2D eigenvalue weighted by Crippen LogP contribution is -2.52. The lowest BCUT2D eigenvalue weighted by Gasteiger charge is -2.38. The number of nitrogens with zero attached hydrogens (tertiary/aromatic N) is 4. The molecule has 0 bridgehead atoms. The number of rotatable bonds is 7. The van der Waals surface area contributed by atoms with Crippen LogP contribution in [0, 0.1) is 0 Å². The molecule has 1 aromatic rings. The zero-order valence-corrected chi connectivity index (χ0v) is 16.2. The van der Waals surface area contributed by atoms with Gasteiger partial charge in [0.25, 0.3) is 0 Å². The maximum absolute atomic E-state index is 10.1. The van der Waals surface area contributed by atoms with Crippen molar-refractivity contribution in [3.05, 3.63) is 24.3 Å². The van der Waals surface area contributed by atoms with Crippen LogP contribution in [0.2, 0.25) is 0 Å². The van der Waals surface area contributed by atoms with E-state index in [0.717, 1.165) is 70.0 Å². The number of phenols is 1. The van der Waals surface area contributed by atoms with Crippen LogP contribution in [-0.4, -0.2) is 79.3 Å². The number of benzene rings is 1. The second kappa shape index (κ2) is 9.12. The Morgan fingerprint density at radius 1 is 1.19 bits per heavy atom. The highest BCUT2D eigenvalue weighted by Gasteiger charge is 2.27. The molecule has 26 heavy (non-hydrogen) atoms. The maximum atomic E-state index is 10.1. The summed E-state index contributed by atoms with van der Waals surface area (Å²) in [4.78, 5) is 12.0. The minimum atomic E-state index is 0.362.